The summed E-state index contributed by atoms with van der Waals surface area (Å²) in [6.45, 7) is 5.96. The van der Waals surface area contributed by atoms with Gasteiger partial charge >= 0.3 is 6.03 Å². The van der Waals surface area contributed by atoms with E-state index in [9.17, 15) is 9.59 Å². The maximum Gasteiger partial charge on any atom is 0.317 e. The molecule has 0 bridgehead atoms. The van der Waals surface area contributed by atoms with Crippen molar-refractivity contribution in [1.29, 1.82) is 0 Å². The number of nitrogens with zero attached hydrogens (tertiary/aromatic N) is 4. The summed E-state index contributed by atoms with van der Waals surface area (Å²) < 4.78 is 1.80. The van der Waals surface area contributed by atoms with Crippen molar-refractivity contribution >= 4 is 11.9 Å². The monoisotopic (exact) mass is 307 g/mol. The summed E-state index contributed by atoms with van der Waals surface area (Å²) in [5.74, 6) is 0.136. The van der Waals surface area contributed by atoms with Gasteiger partial charge < -0.3 is 15.1 Å². The molecule has 1 saturated heterocycles. The topological polar surface area (TPSA) is 70.5 Å². The zero-order valence-corrected chi connectivity index (χ0v) is 13.2. The Morgan fingerprint density at radius 2 is 2.09 bits per heavy atom. The lowest BCUT2D eigenvalue weighted by Gasteiger charge is -2.22. The van der Waals surface area contributed by atoms with Crippen LogP contribution in [0.15, 0.2) is 18.5 Å². The van der Waals surface area contributed by atoms with Gasteiger partial charge in [-0.05, 0) is 25.8 Å². The van der Waals surface area contributed by atoms with Gasteiger partial charge in [0, 0.05) is 51.5 Å². The maximum atomic E-state index is 12.1. The molecule has 7 nitrogen and oxygen atoms in total. The van der Waals surface area contributed by atoms with Gasteiger partial charge in [-0.25, -0.2) is 4.79 Å². The minimum absolute atomic E-state index is 0.121. The number of hydrogen-bond donors (Lipinski definition) is 1. The number of nitrogens with one attached hydrogen (secondary N) is 1. The van der Waals surface area contributed by atoms with E-state index in [1.54, 1.807) is 15.8 Å². The molecule has 0 atom stereocenters. The van der Waals surface area contributed by atoms with Gasteiger partial charge in [-0.1, -0.05) is 0 Å². The first-order valence-electron chi connectivity index (χ1n) is 7.98. The summed E-state index contributed by atoms with van der Waals surface area (Å²) in [4.78, 5) is 27.6. The van der Waals surface area contributed by atoms with Crippen molar-refractivity contribution in [1.82, 2.24) is 24.9 Å². The number of hydrogen-bond acceptors (Lipinski definition) is 3. The van der Waals surface area contributed by atoms with Gasteiger partial charge in [0.25, 0.3) is 0 Å². The maximum absolute atomic E-state index is 12.1. The van der Waals surface area contributed by atoms with Gasteiger partial charge in [0.15, 0.2) is 0 Å². The number of urea groups is 1. The van der Waals surface area contributed by atoms with Gasteiger partial charge in [0.2, 0.25) is 5.91 Å². The van der Waals surface area contributed by atoms with Gasteiger partial charge in [-0.2, -0.15) is 5.10 Å². The van der Waals surface area contributed by atoms with E-state index in [1.165, 1.54) is 0 Å². The smallest absolute Gasteiger partial charge is 0.317 e. The number of carbonyl (C=O) groups is 2. The van der Waals surface area contributed by atoms with Crippen LogP contribution in [0.5, 0.6) is 0 Å². The highest BCUT2D eigenvalue weighted by Crippen LogP contribution is 2.08. The Morgan fingerprint density at radius 3 is 2.73 bits per heavy atom. The predicted molar refractivity (Wildman–Crippen MR) is 83.3 cm³/mol. The third-order valence-corrected chi connectivity index (χ3v) is 3.90. The van der Waals surface area contributed by atoms with Crippen LogP contribution in [-0.2, 0) is 11.3 Å². The number of amides is 3. The van der Waals surface area contributed by atoms with Crippen molar-refractivity contribution in [2.75, 3.05) is 32.7 Å². The van der Waals surface area contributed by atoms with Crippen molar-refractivity contribution in [3.8, 4) is 0 Å². The highest BCUT2D eigenvalue weighted by Gasteiger charge is 2.18. The fraction of sp³-hybridized carbons (Fsp3) is 0.667. The first kappa shape index (κ1) is 16.3. The zero-order chi connectivity index (χ0) is 15.8. The normalized spacial score (nSPS) is 14.1. The predicted octanol–water partition coefficient (Wildman–Crippen LogP) is 0.927. The molecule has 0 saturated carbocycles. The molecule has 3 amide bonds. The molecule has 122 valence electrons. The first-order chi connectivity index (χ1) is 10.7. The number of rotatable bonds is 7. The Morgan fingerprint density at radius 1 is 1.32 bits per heavy atom. The van der Waals surface area contributed by atoms with E-state index < -0.39 is 0 Å². The molecule has 1 aliphatic rings. The van der Waals surface area contributed by atoms with Gasteiger partial charge in [0.1, 0.15) is 0 Å². The summed E-state index contributed by atoms with van der Waals surface area (Å²) in [6.07, 6.45) is 6.16. The first-order valence-corrected chi connectivity index (χ1v) is 7.98. The van der Waals surface area contributed by atoms with Crippen molar-refractivity contribution in [3.05, 3.63) is 18.5 Å². The molecule has 1 aromatic heterocycles. The standard InChI is InChI=1S/C15H25N5O2/c1-2-18(12-13-20-11-5-7-17-20)15(22)16-8-6-14(21)19-9-3-4-10-19/h5,7,11H,2-4,6,8-10,12-13H2,1H3,(H,16,22). The van der Waals surface area contributed by atoms with E-state index in [2.05, 4.69) is 10.4 Å². The molecule has 0 aliphatic carbocycles. The van der Waals surface area contributed by atoms with E-state index >= 15 is 0 Å². The summed E-state index contributed by atoms with van der Waals surface area (Å²) in [6, 6.07) is 1.74. The summed E-state index contributed by atoms with van der Waals surface area (Å²) >= 11 is 0. The summed E-state index contributed by atoms with van der Waals surface area (Å²) in [5.41, 5.74) is 0. The molecular formula is C15H25N5O2. The Labute approximate surface area is 131 Å². The van der Waals surface area contributed by atoms with Crippen LogP contribution in [0.2, 0.25) is 0 Å². The lowest BCUT2D eigenvalue weighted by atomic mass is 10.3. The average Bonchev–Trinajstić information content (AvgIpc) is 3.21. The minimum atomic E-state index is -0.121. The molecule has 2 rings (SSSR count). The van der Waals surface area contributed by atoms with Crippen molar-refractivity contribution < 1.29 is 9.59 Å². The fourth-order valence-electron chi connectivity index (χ4n) is 2.57. The second-order valence-corrected chi connectivity index (χ2v) is 5.42. The van der Waals surface area contributed by atoms with Crippen LogP contribution in [0, 0.1) is 0 Å². The van der Waals surface area contributed by atoms with Crippen LogP contribution in [0.4, 0.5) is 4.79 Å². The van der Waals surface area contributed by atoms with Crippen LogP contribution < -0.4 is 5.32 Å². The molecule has 7 heteroatoms. The van der Waals surface area contributed by atoms with Crippen LogP contribution in [0.1, 0.15) is 26.2 Å². The average molecular weight is 307 g/mol. The van der Waals surface area contributed by atoms with Crippen LogP contribution in [0.25, 0.3) is 0 Å². The molecule has 1 fully saturated rings. The molecule has 0 aromatic carbocycles. The molecule has 1 N–H and O–H groups in total. The van der Waals surface area contributed by atoms with Crippen LogP contribution in [-0.4, -0.2) is 64.2 Å². The molecule has 2 heterocycles. The second-order valence-electron chi connectivity index (χ2n) is 5.42. The second kappa shape index (κ2) is 8.41. The zero-order valence-electron chi connectivity index (χ0n) is 13.2. The summed E-state index contributed by atoms with van der Waals surface area (Å²) in [7, 11) is 0. The number of aromatic nitrogens is 2. The van der Waals surface area contributed by atoms with Gasteiger partial charge in [-0.3, -0.25) is 9.48 Å². The van der Waals surface area contributed by atoms with Gasteiger partial charge in [0.05, 0.1) is 6.54 Å². The third kappa shape index (κ3) is 4.75. The number of likely N-dealkylation sites (N-methyl/N-ethyl adjacent to an activating group) is 1. The Bertz CT molecular complexity index is 468. The summed E-state index contributed by atoms with van der Waals surface area (Å²) in [5, 5.41) is 6.95. The highest BCUT2D eigenvalue weighted by molar-refractivity contribution is 5.78. The Hall–Kier alpha value is -2.05. The van der Waals surface area contributed by atoms with E-state index in [1.807, 2.05) is 24.1 Å². The quantitative estimate of drug-likeness (QED) is 0.814. The molecule has 22 heavy (non-hydrogen) atoms. The Balaban J connectivity index is 1.66. The molecule has 0 unspecified atom stereocenters. The van der Waals surface area contributed by atoms with Crippen molar-refractivity contribution in [2.24, 2.45) is 0 Å². The Kier molecular flexibility index (Phi) is 6.24. The van der Waals surface area contributed by atoms with Crippen molar-refractivity contribution in [3.63, 3.8) is 0 Å². The van der Waals surface area contributed by atoms with E-state index in [0.717, 1.165) is 25.9 Å². The lowest BCUT2D eigenvalue weighted by Crippen LogP contribution is -2.42. The molecule has 0 radical (unpaired) electrons. The van der Waals surface area contributed by atoms with Crippen molar-refractivity contribution in [2.45, 2.75) is 32.7 Å². The fourth-order valence-corrected chi connectivity index (χ4v) is 2.57. The number of likely N-dealkylation sites (tertiary alicyclic amines) is 1. The van der Waals surface area contributed by atoms with E-state index in [4.69, 9.17) is 0 Å². The largest absolute Gasteiger partial charge is 0.343 e. The van der Waals surface area contributed by atoms with E-state index in [0.29, 0.717) is 32.6 Å². The van der Waals surface area contributed by atoms with Gasteiger partial charge in [-0.15, -0.1) is 0 Å². The lowest BCUT2D eigenvalue weighted by molar-refractivity contribution is -0.129. The molecule has 1 aliphatic heterocycles. The minimum Gasteiger partial charge on any atom is -0.343 e. The van der Waals surface area contributed by atoms with Crippen LogP contribution in [0.3, 0.4) is 0 Å². The SMILES string of the molecule is CCN(CCn1cccn1)C(=O)NCCC(=O)N1CCCC1. The number of carbonyl (C=O) groups excluding carboxylic acids is 2. The van der Waals surface area contributed by atoms with E-state index in [-0.39, 0.29) is 11.9 Å². The third-order valence-electron chi connectivity index (χ3n) is 3.90. The molecule has 1 aromatic rings. The molecular weight excluding hydrogens is 282 g/mol. The highest BCUT2D eigenvalue weighted by atomic mass is 16.2. The van der Waals surface area contributed by atoms with Crippen LogP contribution >= 0.6 is 0 Å². The molecule has 0 spiro atoms.